The summed E-state index contributed by atoms with van der Waals surface area (Å²) >= 11 is 0. The molecule has 8 nitrogen and oxygen atoms in total. The number of anilines is 1. The minimum atomic E-state index is -3.92. The number of carbonyl (C=O) groups is 1. The van der Waals surface area contributed by atoms with Gasteiger partial charge in [0.1, 0.15) is 11.5 Å². The lowest BCUT2D eigenvalue weighted by molar-refractivity contribution is 0.0955. The molecule has 1 amide bonds. The van der Waals surface area contributed by atoms with Crippen molar-refractivity contribution in [2.24, 2.45) is 5.10 Å². The molecule has 0 spiro atoms. The maximum atomic E-state index is 12.7. The highest BCUT2D eigenvalue weighted by atomic mass is 32.2. The summed E-state index contributed by atoms with van der Waals surface area (Å²) in [5.74, 6) is 0.294. The first-order valence-electron chi connectivity index (χ1n) is 8.12. The summed E-state index contributed by atoms with van der Waals surface area (Å²) in [6, 6.07) is 15.6. The molecule has 144 valence electrons. The topological polar surface area (TPSA) is 110 Å². The van der Waals surface area contributed by atoms with E-state index in [4.69, 9.17) is 9.15 Å². The van der Waals surface area contributed by atoms with Gasteiger partial charge in [-0.05, 0) is 42.5 Å². The molecular weight excluding hydrogens is 382 g/mol. The lowest BCUT2D eigenvalue weighted by Gasteiger charge is -2.12. The first-order chi connectivity index (χ1) is 13.5. The van der Waals surface area contributed by atoms with Gasteiger partial charge < -0.3 is 9.15 Å². The third kappa shape index (κ3) is 4.57. The zero-order valence-corrected chi connectivity index (χ0v) is 15.6. The normalized spacial score (nSPS) is 11.3. The summed E-state index contributed by atoms with van der Waals surface area (Å²) in [5, 5.41) is 3.77. The molecule has 0 atom stereocenters. The Labute approximate surface area is 161 Å². The predicted molar refractivity (Wildman–Crippen MR) is 104 cm³/mol. The monoisotopic (exact) mass is 399 g/mol. The van der Waals surface area contributed by atoms with Crippen LogP contribution in [-0.4, -0.2) is 27.6 Å². The van der Waals surface area contributed by atoms with E-state index in [-0.39, 0.29) is 10.5 Å². The van der Waals surface area contributed by atoms with Gasteiger partial charge in [0.15, 0.2) is 0 Å². The van der Waals surface area contributed by atoms with Crippen molar-refractivity contribution in [1.82, 2.24) is 5.43 Å². The number of hydrazone groups is 1. The summed E-state index contributed by atoms with van der Waals surface area (Å²) in [7, 11) is -2.48. The van der Waals surface area contributed by atoms with Gasteiger partial charge in [0.2, 0.25) is 0 Å². The molecule has 0 aliphatic rings. The lowest BCUT2D eigenvalue weighted by atomic mass is 10.2. The molecule has 0 saturated heterocycles. The van der Waals surface area contributed by atoms with E-state index in [1.54, 1.807) is 36.4 Å². The number of nitrogens with zero attached hydrogens (tertiary/aromatic N) is 1. The smallest absolute Gasteiger partial charge is 0.271 e. The van der Waals surface area contributed by atoms with E-state index in [1.165, 1.54) is 43.9 Å². The average molecular weight is 399 g/mol. The molecule has 0 radical (unpaired) electrons. The largest absolute Gasteiger partial charge is 0.495 e. The van der Waals surface area contributed by atoms with Crippen LogP contribution < -0.4 is 14.9 Å². The Hall–Kier alpha value is -3.59. The van der Waals surface area contributed by atoms with Gasteiger partial charge in [-0.15, -0.1) is 0 Å². The molecule has 3 rings (SSSR count). The fourth-order valence-electron chi connectivity index (χ4n) is 2.32. The maximum absolute atomic E-state index is 12.7. The van der Waals surface area contributed by atoms with Crippen molar-refractivity contribution in [1.29, 1.82) is 0 Å². The minimum absolute atomic E-state index is 0.0685. The van der Waals surface area contributed by atoms with Crippen LogP contribution in [0.4, 0.5) is 5.69 Å². The summed E-state index contributed by atoms with van der Waals surface area (Å²) < 4.78 is 38.0. The third-order valence-corrected chi connectivity index (χ3v) is 5.02. The molecule has 2 aromatic carbocycles. The van der Waals surface area contributed by atoms with Crippen LogP contribution >= 0.6 is 0 Å². The molecule has 0 unspecified atom stereocenters. The maximum Gasteiger partial charge on any atom is 0.271 e. The van der Waals surface area contributed by atoms with E-state index >= 15 is 0 Å². The summed E-state index contributed by atoms with van der Waals surface area (Å²) in [5.41, 5.74) is 2.75. The van der Waals surface area contributed by atoms with Crippen LogP contribution in [0, 0.1) is 0 Å². The first kappa shape index (κ1) is 19.2. The number of carbonyl (C=O) groups excluding carboxylic acids is 1. The Kier molecular flexibility index (Phi) is 5.75. The van der Waals surface area contributed by atoms with Crippen molar-refractivity contribution in [2.45, 2.75) is 4.90 Å². The molecule has 1 heterocycles. The summed E-state index contributed by atoms with van der Waals surface area (Å²) in [6.45, 7) is 0. The number of benzene rings is 2. The van der Waals surface area contributed by atoms with Gasteiger partial charge in [-0.25, -0.2) is 13.8 Å². The van der Waals surface area contributed by atoms with Gasteiger partial charge >= 0.3 is 0 Å². The summed E-state index contributed by atoms with van der Waals surface area (Å²) in [4.78, 5) is 12.2. The third-order valence-electron chi connectivity index (χ3n) is 3.66. The van der Waals surface area contributed by atoms with Crippen LogP contribution in [0.5, 0.6) is 5.75 Å². The Bertz CT molecular complexity index is 1090. The number of nitrogens with one attached hydrogen (secondary N) is 2. The highest BCUT2D eigenvalue weighted by Crippen LogP contribution is 2.26. The van der Waals surface area contributed by atoms with Crippen LogP contribution in [0.15, 0.2) is 81.3 Å². The van der Waals surface area contributed by atoms with Crippen LogP contribution in [0.1, 0.15) is 16.1 Å². The van der Waals surface area contributed by atoms with Gasteiger partial charge in [-0.3, -0.25) is 9.52 Å². The van der Waals surface area contributed by atoms with Crippen LogP contribution in [0.2, 0.25) is 0 Å². The molecule has 3 aromatic rings. The zero-order chi connectivity index (χ0) is 20.0. The SMILES string of the molecule is COc1ccccc1NS(=O)(=O)c1cccc(C(=O)N/N=C/c2ccco2)c1. The molecule has 0 bridgehead atoms. The molecule has 0 aliphatic heterocycles. The zero-order valence-electron chi connectivity index (χ0n) is 14.8. The van der Waals surface area contributed by atoms with Gasteiger partial charge in [-0.2, -0.15) is 5.10 Å². The Morgan fingerprint density at radius 3 is 2.68 bits per heavy atom. The number of hydrogen-bond acceptors (Lipinski definition) is 6. The van der Waals surface area contributed by atoms with Crippen molar-refractivity contribution in [2.75, 3.05) is 11.8 Å². The second-order valence-corrected chi connectivity index (χ2v) is 7.23. The number of methoxy groups -OCH3 is 1. The van der Waals surface area contributed by atoms with Gasteiger partial charge in [-0.1, -0.05) is 18.2 Å². The van der Waals surface area contributed by atoms with E-state index in [0.717, 1.165) is 0 Å². The van der Waals surface area contributed by atoms with Crippen molar-refractivity contribution in [3.8, 4) is 5.75 Å². The number of ether oxygens (including phenoxy) is 1. The van der Waals surface area contributed by atoms with Gasteiger partial charge in [0, 0.05) is 5.56 Å². The van der Waals surface area contributed by atoms with Crippen LogP contribution in [0.3, 0.4) is 0 Å². The second kappa shape index (κ2) is 8.40. The second-order valence-electron chi connectivity index (χ2n) is 5.55. The van der Waals surface area contributed by atoms with E-state index in [9.17, 15) is 13.2 Å². The Morgan fingerprint density at radius 2 is 1.93 bits per heavy atom. The molecule has 0 aliphatic carbocycles. The quantitative estimate of drug-likeness (QED) is 0.469. The fourth-order valence-corrected chi connectivity index (χ4v) is 3.44. The number of hydrogen-bond donors (Lipinski definition) is 2. The van der Waals surface area contributed by atoms with Crippen LogP contribution in [-0.2, 0) is 10.0 Å². The Balaban J connectivity index is 1.77. The molecular formula is C19H17N3O5S. The number of furan rings is 1. The number of para-hydroxylation sites is 2. The van der Waals surface area contributed by atoms with Crippen molar-refractivity contribution >= 4 is 27.8 Å². The highest BCUT2D eigenvalue weighted by molar-refractivity contribution is 7.92. The molecule has 0 fully saturated rings. The van der Waals surface area contributed by atoms with E-state index < -0.39 is 15.9 Å². The number of rotatable bonds is 7. The fraction of sp³-hybridized carbons (Fsp3) is 0.0526. The molecule has 1 aromatic heterocycles. The van der Waals surface area contributed by atoms with E-state index in [2.05, 4.69) is 15.2 Å². The molecule has 0 saturated carbocycles. The van der Waals surface area contributed by atoms with E-state index in [0.29, 0.717) is 17.2 Å². The number of sulfonamides is 1. The molecule has 28 heavy (non-hydrogen) atoms. The van der Waals surface area contributed by atoms with Crippen LogP contribution in [0.25, 0.3) is 0 Å². The predicted octanol–water partition coefficient (Wildman–Crippen LogP) is 2.85. The molecule has 2 N–H and O–H groups in total. The molecule has 9 heteroatoms. The van der Waals surface area contributed by atoms with E-state index in [1.807, 2.05) is 0 Å². The standard InChI is InChI=1S/C19H17N3O5S/c1-26-18-10-3-2-9-17(18)22-28(24,25)16-8-4-6-14(12-16)19(23)21-20-13-15-7-5-11-27-15/h2-13,22H,1H3,(H,21,23)/b20-13+. The first-order valence-corrected chi connectivity index (χ1v) is 9.61. The van der Waals surface area contributed by atoms with Crippen molar-refractivity contribution < 1.29 is 22.4 Å². The lowest BCUT2D eigenvalue weighted by Crippen LogP contribution is -2.19. The summed E-state index contributed by atoms with van der Waals surface area (Å²) in [6.07, 6.45) is 2.81. The average Bonchev–Trinajstić information content (AvgIpc) is 3.21. The van der Waals surface area contributed by atoms with Crippen molar-refractivity contribution in [3.05, 3.63) is 78.3 Å². The van der Waals surface area contributed by atoms with Crippen molar-refractivity contribution in [3.63, 3.8) is 0 Å². The highest BCUT2D eigenvalue weighted by Gasteiger charge is 2.18. The van der Waals surface area contributed by atoms with Gasteiger partial charge in [0.25, 0.3) is 15.9 Å². The minimum Gasteiger partial charge on any atom is -0.495 e. The Morgan fingerprint density at radius 1 is 1.11 bits per heavy atom. The number of amides is 1. The van der Waals surface area contributed by atoms with Gasteiger partial charge in [0.05, 0.1) is 30.2 Å².